The molecule has 0 unspecified atom stereocenters. The molecule has 2 atom stereocenters. The van der Waals surface area contributed by atoms with E-state index in [-0.39, 0.29) is 11.9 Å². The molecular weight excluding hydrogens is 234 g/mol. The summed E-state index contributed by atoms with van der Waals surface area (Å²) in [6.07, 6.45) is 7.60. The SMILES string of the molecule is COC(=O)[C@H]1CC=C[C@@H](Sc2ccccn2)C1. The van der Waals surface area contributed by atoms with Crippen LogP contribution in [0.5, 0.6) is 0 Å². The van der Waals surface area contributed by atoms with Crippen molar-refractivity contribution in [1.82, 2.24) is 4.98 Å². The van der Waals surface area contributed by atoms with Crippen LogP contribution in [0.3, 0.4) is 0 Å². The summed E-state index contributed by atoms with van der Waals surface area (Å²) in [6.45, 7) is 0. The molecule has 1 aliphatic carbocycles. The summed E-state index contributed by atoms with van der Waals surface area (Å²) in [5, 5.41) is 1.30. The Morgan fingerprint density at radius 1 is 1.53 bits per heavy atom. The zero-order valence-corrected chi connectivity index (χ0v) is 10.5. The van der Waals surface area contributed by atoms with Crippen molar-refractivity contribution >= 4 is 17.7 Å². The van der Waals surface area contributed by atoms with Gasteiger partial charge in [0.05, 0.1) is 18.1 Å². The summed E-state index contributed by atoms with van der Waals surface area (Å²) >= 11 is 1.69. The number of carbonyl (C=O) groups is 1. The first-order chi connectivity index (χ1) is 8.29. The molecular formula is C13H15NO2S. The Bertz CT molecular complexity index is 405. The second-order valence-electron chi connectivity index (χ2n) is 3.94. The van der Waals surface area contributed by atoms with Crippen LogP contribution in [-0.4, -0.2) is 23.3 Å². The molecule has 90 valence electrons. The van der Waals surface area contributed by atoms with Gasteiger partial charge < -0.3 is 4.74 Å². The fourth-order valence-corrected chi connectivity index (χ4v) is 2.98. The number of thioether (sulfide) groups is 1. The highest BCUT2D eigenvalue weighted by Crippen LogP contribution is 2.31. The number of nitrogens with zero attached hydrogens (tertiary/aromatic N) is 1. The lowest BCUT2D eigenvalue weighted by atomic mass is 9.94. The smallest absolute Gasteiger partial charge is 0.309 e. The number of aromatic nitrogens is 1. The van der Waals surface area contributed by atoms with Crippen molar-refractivity contribution < 1.29 is 9.53 Å². The fraction of sp³-hybridized carbons (Fsp3) is 0.385. The second kappa shape index (κ2) is 5.87. The highest BCUT2D eigenvalue weighted by molar-refractivity contribution is 8.00. The third-order valence-electron chi connectivity index (χ3n) is 2.73. The summed E-state index contributed by atoms with van der Waals surface area (Å²) in [5.74, 6) is -0.118. The van der Waals surface area contributed by atoms with E-state index in [0.29, 0.717) is 5.25 Å². The van der Waals surface area contributed by atoms with Crippen molar-refractivity contribution in [3.8, 4) is 0 Å². The van der Waals surface area contributed by atoms with Crippen LogP contribution in [-0.2, 0) is 9.53 Å². The van der Waals surface area contributed by atoms with E-state index in [1.165, 1.54) is 7.11 Å². The van der Waals surface area contributed by atoms with E-state index in [1.807, 2.05) is 18.2 Å². The summed E-state index contributed by atoms with van der Waals surface area (Å²) < 4.78 is 4.79. The Kier molecular flexibility index (Phi) is 4.20. The normalized spacial score (nSPS) is 23.4. The number of esters is 1. The largest absolute Gasteiger partial charge is 0.469 e. The Labute approximate surface area is 105 Å². The summed E-state index contributed by atoms with van der Waals surface area (Å²) in [7, 11) is 1.45. The van der Waals surface area contributed by atoms with Crippen LogP contribution in [0.4, 0.5) is 0 Å². The molecule has 3 nitrogen and oxygen atoms in total. The monoisotopic (exact) mass is 249 g/mol. The van der Waals surface area contributed by atoms with Gasteiger partial charge in [0.2, 0.25) is 0 Å². The third kappa shape index (κ3) is 3.33. The zero-order chi connectivity index (χ0) is 12.1. The Morgan fingerprint density at radius 3 is 3.12 bits per heavy atom. The maximum Gasteiger partial charge on any atom is 0.309 e. The lowest BCUT2D eigenvalue weighted by molar-refractivity contribution is -0.145. The van der Waals surface area contributed by atoms with E-state index in [1.54, 1.807) is 18.0 Å². The number of allylic oxidation sites excluding steroid dienone is 1. The molecule has 1 aliphatic rings. The number of pyridine rings is 1. The Balaban J connectivity index is 1.97. The van der Waals surface area contributed by atoms with Crippen molar-refractivity contribution in [1.29, 1.82) is 0 Å². The molecule has 0 N–H and O–H groups in total. The molecule has 0 fully saturated rings. The minimum atomic E-state index is -0.110. The van der Waals surface area contributed by atoms with Gasteiger partial charge in [0.25, 0.3) is 0 Å². The standard InChI is InChI=1S/C13H15NO2S/c1-16-13(15)10-5-4-6-11(9-10)17-12-7-2-3-8-14-12/h2-4,6-8,10-11H,5,9H2,1H3/t10-,11+/m0/s1. The molecule has 1 heterocycles. The minimum absolute atomic E-state index is 0.00814. The first kappa shape index (κ1) is 12.2. The number of hydrogen-bond acceptors (Lipinski definition) is 4. The number of methoxy groups -OCH3 is 1. The van der Waals surface area contributed by atoms with Crippen LogP contribution in [0.1, 0.15) is 12.8 Å². The zero-order valence-electron chi connectivity index (χ0n) is 9.70. The van der Waals surface area contributed by atoms with Gasteiger partial charge in [-0.3, -0.25) is 4.79 Å². The van der Waals surface area contributed by atoms with Crippen molar-refractivity contribution in [2.45, 2.75) is 23.1 Å². The Hall–Kier alpha value is -1.29. The van der Waals surface area contributed by atoms with Crippen LogP contribution in [0.25, 0.3) is 0 Å². The van der Waals surface area contributed by atoms with Crippen LogP contribution in [0.2, 0.25) is 0 Å². The Morgan fingerprint density at radius 2 is 2.41 bits per heavy atom. The minimum Gasteiger partial charge on any atom is -0.469 e. The fourth-order valence-electron chi connectivity index (χ4n) is 1.87. The number of carbonyl (C=O) groups excluding carboxylic acids is 1. The van der Waals surface area contributed by atoms with Gasteiger partial charge in [-0.15, -0.1) is 0 Å². The van der Waals surface area contributed by atoms with Gasteiger partial charge in [-0.2, -0.15) is 0 Å². The van der Waals surface area contributed by atoms with Crippen LogP contribution in [0, 0.1) is 5.92 Å². The highest BCUT2D eigenvalue weighted by Gasteiger charge is 2.25. The molecule has 4 heteroatoms. The molecule has 0 amide bonds. The molecule has 0 spiro atoms. The van der Waals surface area contributed by atoms with E-state index in [9.17, 15) is 4.79 Å². The molecule has 0 radical (unpaired) electrons. The number of rotatable bonds is 3. The second-order valence-corrected chi connectivity index (χ2v) is 5.20. The topological polar surface area (TPSA) is 39.2 Å². The van der Waals surface area contributed by atoms with E-state index in [2.05, 4.69) is 17.1 Å². The van der Waals surface area contributed by atoms with E-state index < -0.39 is 0 Å². The average Bonchev–Trinajstić information content (AvgIpc) is 2.39. The summed E-state index contributed by atoms with van der Waals surface area (Å²) in [4.78, 5) is 15.8. The van der Waals surface area contributed by atoms with Gasteiger partial charge in [-0.25, -0.2) is 4.98 Å². The third-order valence-corrected chi connectivity index (χ3v) is 3.87. The molecule has 0 saturated heterocycles. The van der Waals surface area contributed by atoms with Gasteiger partial charge in [-0.1, -0.05) is 30.0 Å². The van der Waals surface area contributed by atoms with Gasteiger partial charge in [0.1, 0.15) is 0 Å². The molecule has 1 aromatic rings. The predicted molar refractivity (Wildman–Crippen MR) is 67.8 cm³/mol. The van der Waals surface area contributed by atoms with E-state index >= 15 is 0 Å². The number of ether oxygens (including phenoxy) is 1. The van der Waals surface area contributed by atoms with Crippen LogP contribution >= 0.6 is 11.8 Å². The molecule has 2 rings (SSSR count). The van der Waals surface area contributed by atoms with Gasteiger partial charge in [0.15, 0.2) is 0 Å². The van der Waals surface area contributed by atoms with Gasteiger partial charge in [0, 0.05) is 11.4 Å². The molecule has 0 bridgehead atoms. The maximum atomic E-state index is 11.5. The maximum absolute atomic E-state index is 11.5. The molecule has 17 heavy (non-hydrogen) atoms. The van der Waals surface area contributed by atoms with Crippen molar-refractivity contribution in [3.63, 3.8) is 0 Å². The van der Waals surface area contributed by atoms with Gasteiger partial charge in [-0.05, 0) is 25.0 Å². The molecule has 0 aliphatic heterocycles. The first-order valence-corrected chi connectivity index (χ1v) is 6.49. The van der Waals surface area contributed by atoms with Crippen molar-refractivity contribution in [3.05, 3.63) is 36.5 Å². The lowest BCUT2D eigenvalue weighted by Crippen LogP contribution is -2.22. The highest BCUT2D eigenvalue weighted by atomic mass is 32.2. The quantitative estimate of drug-likeness (QED) is 0.610. The van der Waals surface area contributed by atoms with Crippen molar-refractivity contribution in [2.24, 2.45) is 5.92 Å². The van der Waals surface area contributed by atoms with Crippen LogP contribution < -0.4 is 0 Å². The molecule has 1 aromatic heterocycles. The van der Waals surface area contributed by atoms with Gasteiger partial charge >= 0.3 is 5.97 Å². The lowest BCUT2D eigenvalue weighted by Gasteiger charge is -2.22. The molecule has 0 saturated carbocycles. The summed E-state index contributed by atoms with van der Waals surface area (Å²) in [5.41, 5.74) is 0. The first-order valence-electron chi connectivity index (χ1n) is 5.62. The predicted octanol–water partition coefficient (Wildman–Crippen LogP) is 2.68. The number of hydrogen-bond donors (Lipinski definition) is 0. The van der Waals surface area contributed by atoms with E-state index in [4.69, 9.17) is 4.74 Å². The summed E-state index contributed by atoms with van der Waals surface area (Å²) in [6, 6.07) is 5.86. The van der Waals surface area contributed by atoms with Crippen LogP contribution in [0.15, 0.2) is 41.6 Å². The van der Waals surface area contributed by atoms with E-state index in [0.717, 1.165) is 17.9 Å². The average molecular weight is 249 g/mol. The van der Waals surface area contributed by atoms with Crippen molar-refractivity contribution in [2.75, 3.05) is 7.11 Å². The molecule has 0 aromatic carbocycles.